The third-order valence-corrected chi connectivity index (χ3v) is 3.41. The number of nitrogens with one attached hydrogen (secondary N) is 2. The zero-order valence-electron chi connectivity index (χ0n) is 11.9. The fourth-order valence-corrected chi connectivity index (χ4v) is 2.36. The van der Waals surface area contributed by atoms with E-state index in [1.54, 1.807) is 11.3 Å². The van der Waals surface area contributed by atoms with Crippen LogP contribution in [0.5, 0.6) is 0 Å². The Morgan fingerprint density at radius 2 is 2.11 bits per heavy atom. The lowest BCUT2D eigenvalue weighted by molar-refractivity contribution is -0.122. The standard InChI is InChI=1S/C12H23N5OS/c1-4-7-14-12-16-15-11(19-12)9-17(6-3)8-10(18)13-5-2/h4-9H2,1-3H3,(H,13,18)(H,14,16). The summed E-state index contributed by atoms with van der Waals surface area (Å²) in [4.78, 5) is 13.6. The second kappa shape index (κ2) is 8.82. The molecule has 6 nitrogen and oxygen atoms in total. The fourth-order valence-electron chi connectivity index (χ4n) is 1.55. The van der Waals surface area contributed by atoms with Crippen molar-refractivity contribution in [1.82, 2.24) is 20.4 Å². The average molecular weight is 285 g/mol. The Kier molecular flexibility index (Phi) is 7.35. The normalized spacial score (nSPS) is 10.7. The number of anilines is 1. The maximum atomic E-state index is 11.6. The van der Waals surface area contributed by atoms with Crippen molar-refractivity contribution in [3.05, 3.63) is 5.01 Å². The van der Waals surface area contributed by atoms with Gasteiger partial charge in [-0.15, -0.1) is 10.2 Å². The van der Waals surface area contributed by atoms with Gasteiger partial charge in [0.25, 0.3) is 0 Å². The molecule has 1 heterocycles. The molecule has 0 fully saturated rings. The van der Waals surface area contributed by atoms with E-state index in [9.17, 15) is 4.79 Å². The minimum Gasteiger partial charge on any atom is -0.360 e. The molecule has 0 aliphatic heterocycles. The molecule has 1 aromatic heterocycles. The first-order chi connectivity index (χ1) is 9.19. The summed E-state index contributed by atoms with van der Waals surface area (Å²) in [6.45, 7) is 9.53. The van der Waals surface area contributed by atoms with E-state index in [0.717, 1.165) is 29.6 Å². The number of carbonyl (C=O) groups is 1. The summed E-state index contributed by atoms with van der Waals surface area (Å²) in [5.41, 5.74) is 0. The summed E-state index contributed by atoms with van der Waals surface area (Å²) in [6, 6.07) is 0. The Bertz CT molecular complexity index is 382. The highest BCUT2D eigenvalue weighted by molar-refractivity contribution is 7.15. The number of aromatic nitrogens is 2. The summed E-state index contributed by atoms with van der Waals surface area (Å²) in [7, 11) is 0. The number of carbonyl (C=O) groups excluding carboxylic acids is 1. The molecule has 19 heavy (non-hydrogen) atoms. The molecule has 7 heteroatoms. The number of hydrogen-bond acceptors (Lipinski definition) is 6. The van der Waals surface area contributed by atoms with Crippen molar-refractivity contribution in [3.63, 3.8) is 0 Å². The van der Waals surface area contributed by atoms with Crippen molar-refractivity contribution in [2.24, 2.45) is 0 Å². The van der Waals surface area contributed by atoms with Gasteiger partial charge < -0.3 is 10.6 Å². The predicted molar refractivity (Wildman–Crippen MR) is 78.3 cm³/mol. The van der Waals surface area contributed by atoms with Gasteiger partial charge >= 0.3 is 0 Å². The summed E-state index contributed by atoms with van der Waals surface area (Å²) in [5.74, 6) is 0.0539. The van der Waals surface area contributed by atoms with Crippen LogP contribution in [0, 0.1) is 0 Å². The van der Waals surface area contributed by atoms with Crippen molar-refractivity contribution in [3.8, 4) is 0 Å². The summed E-state index contributed by atoms with van der Waals surface area (Å²) in [6.07, 6.45) is 1.06. The van der Waals surface area contributed by atoms with Crippen LogP contribution in [0.4, 0.5) is 5.13 Å². The molecule has 108 valence electrons. The Morgan fingerprint density at radius 1 is 1.32 bits per heavy atom. The van der Waals surface area contributed by atoms with Crippen LogP contribution in [0.2, 0.25) is 0 Å². The van der Waals surface area contributed by atoms with Crippen molar-refractivity contribution in [2.75, 3.05) is 31.5 Å². The maximum Gasteiger partial charge on any atom is 0.234 e. The maximum absolute atomic E-state index is 11.6. The first-order valence-electron chi connectivity index (χ1n) is 6.74. The zero-order valence-corrected chi connectivity index (χ0v) is 12.7. The van der Waals surface area contributed by atoms with Crippen molar-refractivity contribution >= 4 is 22.4 Å². The molecule has 0 aromatic carbocycles. The fraction of sp³-hybridized carbons (Fsp3) is 0.750. The SMILES string of the molecule is CCCNc1nnc(CN(CC)CC(=O)NCC)s1. The lowest BCUT2D eigenvalue weighted by Gasteiger charge is -2.17. The highest BCUT2D eigenvalue weighted by Gasteiger charge is 2.12. The van der Waals surface area contributed by atoms with Gasteiger partial charge in [0.05, 0.1) is 13.1 Å². The van der Waals surface area contributed by atoms with Crippen molar-refractivity contribution in [2.45, 2.75) is 33.7 Å². The van der Waals surface area contributed by atoms with Crippen LogP contribution in [0.15, 0.2) is 0 Å². The Labute approximate surface area is 118 Å². The lowest BCUT2D eigenvalue weighted by atomic mass is 10.4. The van der Waals surface area contributed by atoms with Crippen LogP contribution in [-0.2, 0) is 11.3 Å². The molecule has 0 saturated carbocycles. The topological polar surface area (TPSA) is 70.2 Å². The second-order valence-electron chi connectivity index (χ2n) is 4.18. The Hall–Kier alpha value is -1.21. The van der Waals surface area contributed by atoms with Crippen LogP contribution >= 0.6 is 11.3 Å². The molecule has 0 atom stereocenters. The first-order valence-corrected chi connectivity index (χ1v) is 7.56. The minimum atomic E-state index is 0.0539. The average Bonchev–Trinajstić information content (AvgIpc) is 2.83. The van der Waals surface area contributed by atoms with E-state index in [1.807, 2.05) is 13.8 Å². The highest BCUT2D eigenvalue weighted by atomic mass is 32.1. The molecular formula is C12H23N5OS. The summed E-state index contributed by atoms with van der Waals surface area (Å²) in [5, 5.41) is 16.0. The number of nitrogens with zero attached hydrogens (tertiary/aromatic N) is 3. The number of rotatable bonds is 9. The molecule has 0 bridgehead atoms. The highest BCUT2D eigenvalue weighted by Crippen LogP contribution is 2.16. The van der Waals surface area contributed by atoms with Gasteiger partial charge in [-0.25, -0.2) is 0 Å². The molecule has 1 rings (SSSR count). The summed E-state index contributed by atoms with van der Waals surface area (Å²) < 4.78 is 0. The van der Waals surface area contributed by atoms with E-state index in [1.165, 1.54) is 0 Å². The molecule has 0 unspecified atom stereocenters. The van der Waals surface area contributed by atoms with Gasteiger partial charge in [-0.05, 0) is 19.9 Å². The summed E-state index contributed by atoms with van der Waals surface area (Å²) >= 11 is 1.55. The van der Waals surface area contributed by atoms with E-state index >= 15 is 0 Å². The van der Waals surface area contributed by atoms with Crippen LogP contribution < -0.4 is 10.6 Å². The van der Waals surface area contributed by atoms with E-state index < -0.39 is 0 Å². The molecule has 0 aliphatic rings. The van der Waals surface area contributed by atoms with Gasteiger partial charge in [0.2, 0.25) is 11.0 Å². The Balaban J connectivity index is 2.46. The third kappa shape index (κ3) is 5.98. The minimum absolute atomic E-state index is 0.0539. The molecule has 0 saturated heterocycles. The van der Waals surface area contributed by atoms with Crippen LogP contribution in [0.1, 0.15) is 32.2 Å². The zero-order chi connectivity index (χ0) is 14.1. The van der Waals surface area contributed by atoms with Gasteiger partial charge in [-0.1, -0.05) is 25.2 Å². The number of likely N-dealkylation sites (N-methyl/N-ethyl adjacent to an activating group) is 2. The van der Waals surface area contributed by atoms with Gasteiger partial charge in [-0.2, -0.15) is 0 Å². The van der Waals surface area contributed by atoms with Gasteiger partial charge in [0.1, 0.15) is 5.01 Å². The van der Waals surface area contributed by atoms with Crippen LogP contribution in [0.3, 0.4) is 0 Å². The van der Waals surface area contributed by atoms with Crippen molar-refractivity contribution < 1.29 is 4.79 Å². The predicted octanol–water partition coefficient (Wildman–Crippen LogP) is 1.32. The Morgan fingerprint density at radius 3 is 2.74 bits per heavy atom. The van der Waals surface area contributed by atoms with E-state index in [0.29, 0.717) is 19.6 Å². The third-order valence-electron chi connectivity index (χ3n) is 2.54. The number of amides is 1. The van der Waals surface area contributed by atoms with Gasteiger partial charge in [-0.3, -0.25) is 9.69 Å². The van der Waals surface area contributed by atoms with E-state index in [2.05, 4.69) is 32.7 Å². The smallest absolute Gasteiger partial charge is 0.234 e. The molecule has 2 N–H and O–H groups in total. The monoisotopic (exact) mass is 285 g/mol. The largest absolute Gasteiger partial charge is 0.360 e. The molecule has 1 amide bonds. The quantitative estimate of drug-likeness (QED) is 0.716. The molecular weight excluding hydrogens is 262 g/mol. The van der Waals surface area contributed by atoms with Gasteiger partial charge in [0, 0.05) is 13.1 Å². The molecule has 0 spiro atoms. The number of hydrogen-bond donors (Lipinski definition) is 2. The molecule has 0 aliphatic carbocycles. The van der Waals surface area contributed by atoms with Crippen LogP contribution in [-0.4, -0.2) is 47.2 Å². The molecule has 0 radical (unpaired) electrons. The lowest BCUT2D eigenvalue weighted by Crippen LogP contribution is -2.36. The second-order valence-corrected chi connectivity index (χ2v) is 5.25. The first kappa shape index (κ1) is 15.8. The van der Waals surface area contributed by atoms with Crippen LogP contribution in [0.25, 0.3) is 0 Å². The van der Waals surface area contributed by atoms with E-state index in [4.69, 9.17) is 0 Å². The van der Waals surface area contributed by atoms with Gasteiger partial charge in [0.15, 0.2) is 0 Å². The van der Waals surface area contributed by atoms with Crippen molar-refractivity contribution in [1.29, 1.82) is 0 Å². The van der Waals surface area contributed by atoms with E-state index in [-0.39, 0.29) is 5.91 Å². The molecule has 1 aromatic rings.